The van der Waals surface area contributed by atoms with Gasteiger partial charge < -0.3 is 25.4 Å². The average molecular weight is 448 g/mol. The highest BCUT2D eigenvalue weighted by molar-refractivity contribution is 6.31. The molecule has 0 spiro atoms. The standard InChI is InChI=1S/C21H23ClFN5O3/c1-28(2)10-13(29)7-20(30)27-18-8-14-17(9-19(18)31-3)24-11-25-21(14)26-12-4-5-16(23)15(22)6-12/h4-6,8-9,11,13,29H,7,10H2,1-3H3,(H,27,30)(H,24,25,26). The van der Waals surface area contributed by atoms with Gasteiger partial charge in [-0.15, -0.1) is 0 Å². The highest BCUT2D eigenvalue weighted by atomic mass is 35.5. The first-order valence-electron chi connectivity index (χ1n) is 9.44. The summed E-state index contributed by atoms with van der Waals surface area (Å²) < 4.78 is 18.8. The molecule has 0 aliphatic carbocycles. The molecule has 1 aromatic heterocycles. The molecule has 1 amide bonds. The van der Waals surface area contributed by atoms with Crippen molar-refractivity contribution in [2.24, 2.45) is 0 Å². The van der Waals surface area contributed by atoms with Crippen LogP contribution in [-0.2, 0) is 4.79 Å². The minimum Gasteiger partial charge on any atom is -0.494 e. The molecule has 31 heavy (non-hydrogen) atoms. The number of nitrogens with one attached hydrogen (secondary N) is 2. The summed E-state index contributed by atoms with van der Waals surface area (Å²) in [5.41, 5.74) is 1.53. The third-order valence-electron chi connectivity index (χ3n) is 4.41. The number of aliphatic hydroxyl groups excluding tert-OH is 1. The Bertz CT molecular complexity index is 1100. The quantitative estimate of drug-likeness (QED) is 0.486. The number of halogens is 2. The fraction of sp³-hybridized carbons (Fsp3) is 0.286. The van der Waals surface area contributed by atoms with Crippen molar-refractivity contribution in [3.8, 4) is 5.75 Å². The molecule has 0 radical (unpaired) electrons. The fourth-order valence-corrected chi connectivity index (χ4v) is 3.24. The number of aliphatic hydroxyl groups is 1. The number of carbonyl (C=O) groups is 1. The molecule has 0 bridgehead atoms. The molecule has 2 aromatic carbocycles. The molecule has 0 aliphatic rings. The van der Waals surface area contributed by atoms with Gasteiger partial charge in [-0.25, -0.2) is 14.4 Å². The summed E-state index contributed by atoms with van der Waals surface area (Å²) in [6, 6.07) is 7.59. The molecule has 0 aliphatic heterocycles. The number of likely N-dealkylation sites (N-methyl/N-ethyl adjacent to an activating group) is 1. The van der Waals surface area contributed by atoms with Crippen LogP contribution in [0.3, 0.4) is 0 Å². The van der Waals surface area contributed by atoms with Crippen LogP contribution in [0.1, 0.15) is 6.42 Å². The lowest BCUT2D eigenvalue weighted by Crippen LogP contribution is -2.29. The lowest BCUT2D eigenvalue weighted by Gasteiger charge is -2.17. The number of ether oxygens (including phenoxy) is 1. The molecule has 1 heterocycles. The summed E-state index contributed by atoms with van der Waals surface area (Å²) in [4.78, 5) is 22.7. The zero-order chi connectivity index (χ0) is 22.5. The Balaban J connectivity index is 1.90. The Hall–Kier alpha value is -3.01. The number of anilines is 3. The lowest BCUT2D eigenvalue weighted by molar-refractivity contribution is -0.118. The predicted molar refractivity (Wildman–Crippen MR) is 119 cm³/mol. The van der Waals surface area contributed by atoms with Gasteiger partial charge in [-0.05, 0) is 38.4 Å². The van der Waals surface area contributed by atoms with E-state index in [0.717, 1.165) is 0 Å². The molecule has 8 nitrogen and oxygen atoms in total. The van der Waals surface area contributed by atoms with E-state index in [1.807, 2.05) is 14.1 Å². The van der Waals surface area contributed by atoms with Crippen LogP contribution >= 0.6 is 11.6 Å². The number of rotatable bonds is 8. The number of nitrogens with zero attached hydrogens (tertiary/aromatic N) is 3. The van der Waals surface area contributed by atoms with E-state index in [1.54, 1.807) is 17.0 Å². The van der Waals surface area contributed by atoms with E-state index in [9.17, 15) is 14.3 Å². The summed E-state index contributed by atoms with van der Waals surface area (Å²) in [6.45, 7) is 0.365. The van der Waals surface area contributed by atoms with Crippen molar-refractivity contribution in [1.82, 2.24) is 14.9 Å². The molecule has 10 heteroatoms. The molecule has 0 saturated carbocycles. The van der Waals surface area contributed by atoms with Crippen LogP contribution in [0.25, 0.3) is 10.9 Å². The Morgan fingerprint density at radius 2 is 2.06 bits per heavy atom. The van der Waals surface area contributed by atoms with Crippen LogP contribution in [0.4, 0.5) is 21.6 Å². The smallest absolute Gasteiger partial charge is 0.227 e. The summed E-state index contributed by atoms with van der Waals surface area (Å²) in [5.74, 6) is -0.0227. The van der Waals surface area contributed by atoms with E-state index in [2.05, 4.69) is 20.6 Å². The lowest BCUT2D eigenvalue weighted by atomic mass is 10.1. The maximum Gasteiger partial charge on any atom is 0.227 e. The summed E-state index contributed by atoms with van der Waals surface area (Å²) in [6.07, 6.45) is 0.514. The van der Waals surface area contributed by atoms with E-state index >= 15 is 0 Å². The molecular formula is C21H23ClFN5O3. The minimum absolute atomic E-state index is 0.0192. The minimum atomic E-state index is -0.801. The van der Waals surface area contributed by atoms with Gasteiger partial charge in [0.15, 0.2) is 0 Å². The van der Waals surface area contributed by atoms with Crippen LogP contribution in [0, 0.1) is 5.82 Å². The first-order chi connectivity index (χ1) is 14.8. The molecule has 3 N–H and O–H groups in total. The number of amides is 1. The van der Waals surface area contributed by atoms with Gasteiger partial charge in [0.05, 0.1) is 35.9 Å². The first kappa shape index (κ1) is 22.7. The predicted octanol–water partition coefficient (Wildman–Crippen LogP) is 3.43. The van der Waals surface area contributed by atoms with E-state index < -0.39 is 11.9 Å². The number of carbonyl (C=O) groups excluding carboxylic acids is 1. The van der Waals surface area contributed by atoms with Gasteiger partial charge in [0.1, 0.15) is 23.7 Å². The molecule has 0 fully saturated rings. The van der Waals surface area contributed by atoms with Crippen LogP contribution < -0.4 is 15.4 Å². The number of hydrogen-bond donors (Lipinski definition) is 3. The normalized spacial score (nSPS) is 12.1. The third-order valence-corrected chi connectivity index (χ3v) is 4.70. The highest BCUT2D eigenvalue weighted by Crippen LogP contribution is 2.33. The zero-order valence-electron chi connectivity index (χ0n) is 17.3. The average Bonchev–Trinajstić information content (AvgIpc) is 2.70. The largest absolute Gasteiger partial charge is 0.494 e. The maximum atomic E-state index is 13.4. The van der Waals surface area contributed by atoms with Gasteiger partial charge in [-0.3, -0.25) is 4.79 Å². The van der Waals surface area contributed by atoms with Crippen LogP contribution in [0.2, 0.25) is 5.02 Å². The van der Waals surface area contributed by atoms with Gasteiger partial charge in [-0.1, -0.05) is 11.6 Å². The van der Waals surface area contributed by atoms with E-state index in [1.165, 1.54) is 31.6 Å². The van der Waals surface area contributed by atoms with Gasteiger partial charge >= 0.3 is 0 Å². The van der Waals surface area contributed by atoms with Crippen molar-refractivity contribution in [3.05, 3.63) is 47.5 Å². The van der Waals surface area contributed by atoms with Crippen molar-refractivity contribution in [2.45, 2.75) is 12.5 Å². The fourth-order valence-electron chi connectivity index (χ4n) is 3.06. The van der Waals surface area contributed by atoms with Crippen LogP contribution in [0.15, 0.2) is 36.7 Å². The van der Waals surface area contributed by atoms with Gasteiger partial charge in [0.2, 0.25) is 5.91 Å². The van der Waals surface area contributed by atoms with E-state index in [4.69, 9.17) is 16.3 Å². The van der Waals surface area contributed by atoms with Gasteiger partial charge in [-0.2, -0.15) is 0 Å². The molecule has 1 unspecified atom stereocenters. The van der Waals surface area contributed by atoms with E-state index in [-0.39, 0.29) is 17.4 Å². The van der Waals surface area contributed by atoms with Crippen LogP contribution in [-0.4, -0.2) is 59.7 Å². The Kier molecular flexibility index (Phi) is 7.21. The van der Waals surface area contributed by atoms with Crippen molar-refractivity contribution in [2.75, 3.05) is 38.4 Å². The van der Waals surface area contributed by atoms with E-state index in [0.29, 0.717) is 40.4 Å². The number of aromatic nitrogens is 2. The molecule has 3 rings (SSSR count). The Morgan fingerprint density at radius 3 is 2.74 bits per heavy atom. The zero-order valence-corrected chi connectivity index (χ0v) is 18.1. The first-order valence-corrected chi connectivity index (χ1v) is 9.82. The highest BCUT2D eigenvalue weighted by Gasteiger charge is 2.16. The molecular weight excluding hydrogens is 425 g/mol. The Morgan fingerprint density at radius 1 is 1.29 bits per heavy atom. The van der Waals surface area contributed by atoms with Crippen LogP contribution in [0.5, 0.6) is 5.75 Å². The van der Waals surface area contributed by atoms with Crippen molar-refractivity contribution < 1.29 is 19.0 Å². The summed E-state index contributed by atoms with van der Waals surface area (Å²) in [5, 5.41) is 16.5. The summed E-state index contributed by atoms with van der Waals surface area (Å²) >= 11 is 5.86. The number of hydrogen-bond acceptors (Lipinski definition) is 7. The molecule has 3 aromatic rings. The number of benzene rings is 2. The molecule has 164 valence electrons. The number of methoxy groups -OCH3 is 1. The maximum absolute atomic E-state index is 13.4. The van der Waals surface area contributed by atoms with Crippen molar-refractivity contribution in [1.29, 1.82) is 0 Å². The molecule has 1 atom stereocenters. The number of fused-ring (bicyclic) bond motifs is 1. The molecule has 0 saturated heterocycles. The second-order valence-corrected chi connectivity index (χ2v) is 7.62. The third kappa shape index (κ3) is 5.78. The monoisotopic (exact) mass is 447 g/mol. The van der Waals surface area contributed by atoms with Gasteiger partial charge in [0.25, 0.3) is 0 Å². The van der Waals surface area contributed by atoms with Gasteiger partial charge in [0, 0.05) is 23.7 Å². The second kappa shape index (κ2) is 9.86. The SMILES string of the molecule is COc1cc2ncnc(Nc3ccc(F)c(Cl)c3)c2cc1NC(=O)CC(O)CN(C)C. The topological polar surface area (TPSA) is 99.6 Å². The summed E-state index contributed by atoms with van der Waals surface area (Å²) in [7, 11) is 5.12. The van der Waals surface area contributed by atoms with Crippen molar-refractivity contribution in [3.63, 3.8) is 0 Å². The second-order valence-electron chi connectivity index (χ2n) is 7.21. The Labute approximate surface area is 184 Å². The van der Waals surface area contributed by atoms with Crippen molar-refractivity contribution >= 4 is 45.6 Å².